The monoisotopic (exact) mass is 537 g/mol. The second-order valence-electron chi connectivity index (χ2n) is 12.6. The Labute approximate surface area is 229 Å². The van der Waals surface area contributed by atoms with Crippen molar-refractivity contribution in [3.05, 3.63) is 30.1 Å². The smallest absolute Gasteiger partial charge is 0.315 e. The molecule has 5 amide bonds. The maximum Gasteiger partial charge on any atom is 0.315 e. The van der Waals surface area contributed by atoms with Crippen LogP contribution in [0.15, 0.2) is 24.5 Å². The van der Waals surface area contributed by atoms with Gasteiger partial charge in [-0.1, -0.05) is 40.7 Å². The van der Waals surface area contributed by atoms with Gasteiger partial charge in [0, 0.05) is 37.9 Å². The number of rotatable bonds is 8. The van der Waals surface area contributed by atoms with Gasteiger partial charge in [0.2, 0.25) is 17.7 Å². The van der Waals surface area contributed by atoms with Gasteiger partial charge in [-0.25, -0.2) is 4.79 Å². The minimum atomic E-state index is -0.878. The number of carbonyl (C=O) groups is 4. The van der Waals surface area contributed by atoms with Crippen LogP contribution in [0, 0.1) is 39.9 Å². The van der Waals surface area contributed by atoms with Crippen LogP contribution >= 0.6 is 0 Å². The van der Waals surface area contributed by atoms with Gasteiger partial charge < -0.3 is 26.2 Å². The standard InChI is InChI=1S/C28H39N7O4/c1-27(2,3)22(34-26(39)32-14-16-7-6-9-30-13-16)25(38)35-15-19-20(28(19,4)5)21(35)24(37)33-18(12-29)11-17-8-10-31-23(17)36/h6-7,9,13,17-22H,8,10-11,14-15H2,1-5H3,(H,31,36)(H,33,37)(H2,32,34,39)/t17-,18?,19?,20?,21?,22+/m0/s1. The first-order chi connectivity index (χ1) is 18.3. The van der Waals surface area contributed by atoms with Gasteiger partial charge in [-0.05, 0) is 47.1 Å². The van der Waals surface area contributed by atoms with E-state index in [1.165, 1.54) is 0 Å². The molecule has 11 nitrogen and oxygen atoms in total. The van der Waals surface area contributed by atoms with E-state index >= 15 is 0 Å². The molecule has 0 bridgehead atoms. The number of hydrogen-bond acceptors (Lipinski definition) is 6. The lowest BCUT2D eigenvalue weighted by Crippen LogP contribution is -2.60. The summed E-state index contributed by atoms with van der Waals surface area (Å²) in [5, 5.41) is 20.9. The lowest BCUT2D eigenvalue weighted by Gasteiger charge is -2.37. The number of hydrogen-bond donors (Lipinski definition) is 4. The number of piperidine rings is 1. The molecule has 11 heteroatoms. The van der Waals surface area contributed by atoms with Gasteiger partial charge in [0.1, 0.15) is 18.1 Å². The number of carbonyl (C=O) groups excluding carboxylic acids is 4. The molecule has 4 unspecified atom stereocenters. The number of nitrogens with one attached hydrogen (secondary N) is 4. The van der Waals surface area contributed by atoms with Gasteiger partial charge in [-0.15, -0.1) is 0 Å². The normalized spacial score (nSPS) is 26.5. The Balaban J connectivity index is 1.46. The first-order valence-electron chi connectivity index (χ1n) is 13.6. The van der Waals surface area contributed by atoms with Crippen molar-refractivity contribution in [1.82, 2.24) is 31.2 Å². The Bertz CT molecular complexity index is 1160. The van der Waals surface area contributed by atoms with Gasteiger partial charge in [0.05, 0.1) is 6.07 Å². The summed E-state index contributed by atoms with van der Waals surface area (Å²) in [7, 11) is 0. The highest BCUT2D eigenvalue weighted by Crippen LogP contribution is 2.65. The Morgan fingerprint density at radius 3 is 2.62 bits per heavy atom. The van der Waals surface area contributed by atoms with Crippen LogP contribution in [0.2, 0.25) is 0 Å². The van der Waals surface area contributed by atoms with Crippen LogP contribution in [-0.4, -0.2) is 64.9 Å². The van der Waals surface area contributed by atoms with Crippen LogP contribution in [0.5, 0.6) is 0 Å². The van der Waals surface area contributed by atoms with Crippen molar-refractivity contribution in [2.24, 2.45) is 28.6 Å². The molecule has 3 heterocycles. The first kappa shape index (κ1) is 28.3. The maximum absolute atomic E-state index is 13.9. The van der Waals surface area contributed by atoms with Crippen molar-refractivity contribution >= 4 is 23.8 Å². The van der Waals surface area contributed by atoms with E-state index in [4.69, 9.17) is 0 Å². The van der Waals surface area contributed by atoms with Gasteiger partial charge in [-0.3, -0.25) is 19.4 Å². The number of likely N-dealkylation sites (tertiary alicyclic amines) is 1. The predicted octanol–water partition coefficient (Wildman–Crippen LogP) is 1.31. The Hall–Kier alpha value is -3.68. The van der Waals surface area contributed by atoms with Gasteiger partial charge in [0.25, 0.3) is 0 Å². The summed E-state index contributed by atoms with van der Waals surface area (Å²) < 4.78 is 0. The van der Waals surface area contributed by atoms with E-state index in [2.05, 4.69) is 46.2 Å². The van der Waals surface area contributed by atoms with E-state index in [1.54, 1.807) is 23.4 Å². The summed E-state index contributed by atoms with van der Waals surface area (Å²) in [6.07, 6.45) is 4.16. The average molecular weight is 538 g/mol. The summed E-state index contributed by atoms with van der Waals surface area (Å²) in [5.41, 5.74) is 0.0850. The number of urea groups is 1. The molecule has 4 rings (SSSR count). The SMILES string of the molecule is CC1(C)C2CN(C(=O)[C@@H](NC(=O)NCc3cccnc3)C(C)(C)C)C(C(=O)NC(C#N)C[C@@H]3CCNC3=O)C21. The van der Waals surface area contributed by atoms with E-state index in [9.17, 15) is 24.4 Å². The van der Waals surface area contributed by atoms with E-state index in [-0.39, 0.29) is 53.9 Å². The molecule has 1 aromatic rings. The zero-order valence-electron chi connectivity index (χ0n) is 23.3. The second kappa shape index (κ2) is 10.8. The van der Waals surface area contributed by atoms with Crippen LogP contribution in [0.25, 0.3) is 0 Å². The highest BCUT2D eigenvalue weighted by atomic mass is 16.2. The molecule has 0 radical (unpaired) electrons. The zero-order chi connectivity index (χ0) is 28.5. The molecule has 1 saturated carbocycles. The number of fused-ring (bicyclic) bond motifs is 1. The van der Waals surface area contributed by atoms with Crippen LogP contribution < -0.4 is 21.3 Å². The largest absolute Gasteiger partial charge is 0.356 e. The quantitative estimate of drug-likeness (QED) is 0.392. The van der Waals surface area contributed by atoms with Gasteiger partial charge in [0.15, 0.2) is 0 Å². The molecule has 1 aliphatic carbocycles. The molecular formula is C28H39N7O4. The second-order valence-corrected chi connectivity index (χ2v) is 12.6. The summed E-state index contributed by atoms with van der Waals surface area (Å²) in [6, 6.07) is 2.78. The summed E-state index contributed by atoms with van der Waals surface area (Å²) in [4.78, 5) is 58.0. The number of pyridine rings is 1. The maximum atomic E-state index is 13.9. The molecule has 4 N–H and O–H groups in total. The van der Waals surface area contributed by atoms with Crippen molar-refractivity contribution in [1.29, 1.82) is 5.26 Å². The molecule has 3 aliphatic rings. The molecule has 210 valence electrons. The number of nitrogens with zero attached hydrogens (tertiary/aromatic N) is 3. The molecule has 1 aromatic heterocycles. The van der Waals surface area contributed by atoms with E-state index < -0.39 is 29.6 Å². The molecule has 2 aliphatic heterocycles. The minimum absolute atomic E-state index is 0.0457. The topological polar surface area (TPSA) is 156 Å². The third-order valence-electron chi connectivity index (χ3n) is 8.48. The third-order valence-corrected chi connectivity index (χ3v) is 8.48. The molecule has 3 fully saturated rings. The number of amides is 5. The third kappa shape index (κ3) is 6.00. The van der Waals surface area contributed by atoms with Crippen LogP contribution in [-0.2, 0) is 20.9 Å². The Morgan fingerprint density at radius 1 is 1.28 bits per heavy atom. The van der Waals surface area contributed by atoms with Crippen LogP contribution in [0.1, 0.15) is 53.0 Å². The van der Waals surface area contributed by atoms with Crippen molar-refractivity contribution < 1.29 is 19.2 Å². The van der Waals surface area contributed by atoms with Crippen molar-refractivity contribution in [3.8, 4) is 6.07 Å². The molecule has 0 aromatic carbocycles. The highest BCUT2D eigenvalue weighted by molar-refractivity contribution is 5.94. The Morgan fingerprint density at radius 2 is 2.03 bits per heavy atom. The first-order valence-corrected chi connectivity index (χ1v) is 13.6. The van der Waals surface area contributed by atoms with E-state index in [0.717, 1.165) is 5.56 Å². The van der Waals surface area contributed by atoms with E-state index in [0.29, 0.717) is 19.5 Å². The molecular weight excluding hydrogens is 498 g/mol. The predicted molar refractivity (Wildman–Crippen MR) is 142 cm³/mol. The van der Waals surface area contributed by atoms with Crippen molar-refractivity contribution in [2.75, 3.05) is 13.1 Å². The molecule has 6 atom stereocenters. The van der Waals surface area contributed by atoms with Crippen molar-refractivity contribution in [3.63, 3.8) is 0 Å². The minimum Gasteiger partial charge on any atom is -0.356 e. The molecule has 2 saturated heterocycles. The zero-order valence-corrected chi connectivity index (χ0v) is 23.3. The Kier molecular flexibility index (Phi) is 7.87. The summed E-state index contributed by atoms with van der Waals surface area (Å²) in [5.74, 6) is -1.03. The fourth-order valence-electron chi connectivity index (χ4n) is 6.05. The summed E-state index contributed by atoms with van der Waals surface area (Å²) in [6.45, 7) is 11.0. The summed E-state index contributed by atoms with van der Waals surface area (Å²) >= 11 is 0. The number of aromatic nitrogens is 1. The van der Waals surface area contributed by atoms with E-state index in [1.807, 2.05) is 26.8 Å². The van der Waals surface area contributed by atoms with Crippen molar-refractivity contribution in [2.45, 2.75) is 72.1 Å². The fraction of sp³-hybridized carbons (Fsp3) is 0.643. The lowest BCUT2D eigenvalue weighted by atomic mass is 9.85. The molecule has 39 heavy (non-hydrogen) atoms. The lowest BCUT2D eigenvalue weighted by molar-refractivity contribution is -0.143. The number of nitriles is 1. The van der Waals surface area contributed by atoms with Gasteiger partial charge in [-0.2, -0.15) is 5.26 Å². The van der Waals surface area contributed by atoms with Crippen LogP contribution in [0.3, 0.4) is 0 Å². The highest BCUT2D eigenvalue weighted by Gasteiger charge is 2.69. The van der Waals surface area contributed by atoms with Crippen LogP contribution in [0.4, 0.5) is 4.79 Å². The fourth-order valence-corrected chi connectivity index (χ4v) is 6.05. The molecule has 0 spiro atoms. The van der Waals surface area contributed by atoms with Gasteiger partial charge >= 0.3 is 6.03 Å². The average Bonchev–Trinajstić information content (AvgIpc) is 3.23.